The van der Waals surface area contributed by atoms with Crippen molar-refractivity contribution in [2.45, 2.75) is 26.1 Å². The van der Waals surface area contributed by atoms with E-state index in [-0.39, 0.29) is 11.7 Å². The number of carbonyl (C=O) groups excluding carboxylic acids is 1. The van der Waals surface area contributed by atoms with Crippen LogP contribution in [0.25, 0.3) is 0 Å². The molecule has 2 aliphatic heterocycles. The number of halogens is 1. The van der Waals surface area contributed by atoms with Crippen molar-refractivity contribution in [1.29, 1.82) is 0 Å². The molecule has 1 amide bonds. The molecule has 2 aromatic carbocycles. The number of piperazine rings is 1. The Morgan fingerprint density at radius 1 is 1.07 bits per heavy atom. The summed E-state index contributed by atoms with van der Waals surface area (Å²) in [5, 5.41) is 3.06. The van der Waals surface area contributed by atoms with Crippen LogP contribution in [0.3, 0.4) is 0 Å². The molecule has 2 aliphatic rings. The molecule has 0 saturated carbocycles. The number of nitrogens with one attached hydrogen (secondary N) is 4. The number of hydrazine groups is 2. The zero-order valence-electron chi connectivity index (χ0n) is 16.7. The summed E-state index contributed by atoms with van der Waals surface area (Å²) in [7, 11) is 0. The van der Waals surface area contributed by atoms with Crippen molar-refractivity contribution in [3.63, 3.8) is 0 Å². The average Bonchev–Trinajstić information content (AvgIpc) is 3.19. The number of amides is 1. The molecule has 2 atom stereocenters. The van der Waals surface area contributed by atoms with Crippen molar-refractivity contribution in [2.75, 3.05) is 36.4 Å². The second kappa shape index (κ2) is 8.36. The standard InChI is InChI=1S/C21H27FN6O/c1-14-7-8-15(2)18(13-14)27-9-11-28(12-10-27)21(29)19-20(25-26-24-19)23-17-6-4-3-5-16(17)22/h3-8,13,19-20,23-26H,9-12H2,1-2H3. The van der Waals surface area contributed by atoms with Crippen LogP contribution in [0.2, 0.25) is 0 Å². The Morgan fingerprint density at radius 2 is 1.83 bits per heavy atom. The van der Waals surface area contributed by atoms with E-state index in [1.165, 1.54) is 22.9 Å². The van der Waals surface area contributed by atoms with Crippen LogP contribution in [-0.4, -0.2) is 49.2 Å². The second-order valence-electron chi connectivity index (χ2n) is 7.60. The third-order valence-electron chi connectivity index (χ3n) is 5.54. The first-order valence-corrected chi connectivity index (χ1v) is 9.91. The number of para-hydroxylation sites is 1. The van der Waals surface area contributed by atoms with E-state index in [9.17, 15) is 9.18 Å². The zero-order chi connectivity index (χ0) is 20.4. The Morgan fingerprint density at radius 3 is 2.59 bits per heavy atom. The van der Waals surface area contributed by atoms with Crippen LogP contribution in [-0.2, 0) is 4.79 Å². The predicted octanol–water partition coefficient (Wildman–Crippen LogP) is 1.51. The van der Waals surface area contributed by atoms with E-state index in [0.717, 1.165) is 13.1 Å². The van der Waals surface area contributed by atoms with E-state index in [1.807, 2.05) is 4.90 Å². The van der Waals surface area contributed by atoms with Gasteiger partial charge in [0.25, 0.3) is 0 Å². The van der Waals surface area contributed by atoms with Crippen molar-refractivity contribution in [2.24, 2.45) is 0 Å². The maximum absolute atomic E-state index is 14.0. The van der Waals surface area contributed by atoms with Crippen molar-refractivity contribution in [3.8, 4) is 0 Å². The van der Waals surface area contributed by atoms with E-state index < -0.39 is 12.2 Å². The molecule has 7 nitrogen and oxygen atoms in total. The SMILES string of the molecule is Cc1ccc(C)c(N2CCN(C(=O)C3NNNC3Nc3ccccc3F)CC2)c1. The zero-order valence-corrected chi connectivity index (χ0v) is 16.7. The summed E-state index contributed by atoms with van der Waals surface area (Å²) in [6.45, 7) is 7.08. The molecule has 4 N–H and O–H groups in total. The molecule has 0 spiro atoms. The largest absolute Gasteiger partial charge is 0.368 e. The van der Waals surface area contributed by atoms with Crippen molar-refractivity contribution in [3.05, 3.63) is 59.4 Å². The lowest BCUT2D eigenvalue weighted by Crippen LogP contribution is -2.57. The molecule has 29 heavy (non-hydrogen) atoms. The molecule has 0 aromatic heterocycles. The van der Waals surface area contributed by atoms with Gasteiger partial charge in [-0.1, -0.05) is 24.3 Å². The van der Waals surface area contributed by atoms with Crippen molar-refractivity contribution in [1.82, 2.24) is 21.3 Å². The highest BCUT2D eigenvalue weighted by atomic mass is 19.1. The molecule has 8 heteroatoms. The van der Waals surface area contributed by atoms with Gasteiger partial charge in [0.05, 0.1) is 5.69 Å². The Bertz CT molecular complexity index is 883. The first-order valence-electron chi connectivity index (χ1n) is 9.91. The highest BCUT2D eigenvalue weighted by Gasteiger charge is 2.37. The number of hydrogen-bond acceptors (Lipinski definition) is 6. The smallest absolute Gasteiger partial charge is 0.244 e. The molecule has 0 radical (unpaired) electrons. The van der Waals surface area contributed by atoms with Gasteiger partial charge >= 0.3 is 0 Å². The number of nitrogens with zero attached hydrogens (tertiary/aromatic N) is 2. The van der Waals surface area contributed by atoms with Gasteiger partial charge in [-0.25, -0.2) is 15.2 Å². The Kier molecular flexibility index (Phi) is 5.66. The first kappa shape index (κ1) is 19.6. The fourth-order valence-electron chi connectivity index (χ4n) is 3.86. The molecule has 2 unspecified atom stereocenters. The lowest BCUT2D eigenvalue weighted by Gasteiger charge is -2.38. The third-order valence-corrected chi connectivity index (χ3v) is 5.54. The normalized spacial score (nSPS) is 22.0. The fourth-order valence-corrected chi connectivity index (χ4v) is 3.86. The van der Waals surface area contributed by atoms with E-state index in [2.05, 4.69) is 58.6 Å². The number of benzene rings is 2. The monoisotopic (exact) mass is 398 g/mol. The molecular weight excluding hydrogens is 371 g/mol. The minimum absolute atomic E-state index is 0.0167. The van der Waals surface area contributed by atoms with Gasteiger partial charge in [-0.15, -0.1) is 0 Å². The molecule has 0 aliphatic carbocycles. The number of hydrogen-bond donors (Lipinski definition) is 4. The minimum atomic E-state index is -0.540. The van der Waals surface area contributed by atoms with E-state index in [4.69, 9.17) is 0 Å². The van der Waals surface area contributed by atoms with Gasteiger partial charge in [0.1, 0.15) is 18.0 Å². The predicted molar refractivity (Wildman–Crippen MR) is 112 cm³/mol. The maximum Gasteiger partial charge on any atom is 0.244 e. The van der Waals surface area contributed by atoms with Crippen LogP contribution < -0.4 is 26.6 Å². The van der Waals surface area contributed by atoms with Crippen LogP contribution in [0.5, 0.6) is 0 Å². The second-order valence-corrected chi connectivity index (χ2v) is 7.60. The minimum Gasteiger partial charge on any atom is -0.368 e. The quantitative estimate of drug-likeness (QED) is 0.626. The fraction of sp³-hybridized carbons (Fsp3) is 0.381. The molecule has 4 rings (SSSR count). The molecular formula is C21H27FN6O. The van der Waals surface area contributed by atoms with Gasteiger partial charge in [0.2, 0.25) is 5.91 Å². The number of aryl methyl sites for hydroxylation is 2. The summed E-state index contributed by atoms with van der Waals surface area (Å²) in [5.41, 5.74) is 12.8. The third kappa shape index (κ3) is 4.19. The molecule has 154 valence electrons. The van der Waals surface area contributed by atoms with Gasteiger partial charge in [0.15, 0.2) is 0 Å². The van der Waals surface area contributed by atoms with Gasteiger partial charge in [-0.2, -0.15) is 5.53 Å². The number of rotatable bonds is 4. The highest BCUT2D eigenvalue weighted by molar-refractivity contribution is 5.83. The maximum atomic E-state index is 14.0. The number of anilines is 2. The average molecular weight is 398 g/mol. The van der Waals surface area contributed by atoms with Gasteiger partial charge in [-0.05, 0) is 43.2 Å². The molecule has 0 bridgehead atoms. The summed E-state index contributed by atoms with van der Waals surface area (Å²) >= 11 is 0. The lowest BCUT2D eigenvalue weighted by molar-refractivity contribution is -0.133. The summed E-state index contributed by atoms with van der Waals surface area (Å²) in [4.78, 5) is 17.3. The van der Waals surface area contributed by atoms with E-state index >= 15 is 0 Å². The summed E-state index contributed by atoms with van der Waals surface area (Å²) in [6.07, 6.45) is -0.462. The summed E-state index contributed by atoms with van der Waals surface area (Å²) in [6, 6.07) is 12.4. The first-order chi connectivity index (χ1) is 14.0. The number of carbonyl (C=O) groups is 1. The summed E-state index contributed by atoms with van der Waals surface area (Å²) < 4.78 is 14.0. The van der Waals surface area contributed by atoms with E-state index in [0.29, 0.717) is 18.8 Å². The molecule has 2 fully saturated rings. The topological polar surface area (TPSA) is 71.7 Å². The van der Waals surface area contributed by atoms with Crippen LogP contribution in [0, 0.1) is 19.7 Å². The molecule has 2 saturated heterocycles. The van der Waals surface area contributed by atoms with Crippen LogP contribution in [0.1, 0.15) is 11.1 Å². The Hall–Kier alpha value is -2.68. The molecule has 2 heterocycles. The summed E-state index contributed by atoms with van der Waals surface area (Å²) in [5.74, 6) is -0.369. The Labute approximate surface area is 170 Å². The molecule has 2 aromatic rings. The Balaban J connectivity index is 1.39. The van der Waals surface area contributed by atoms with Crippen LogP contribution in [0.15, 0.2) is 42.5 Å². The van der Waals surface area contributed by atoms with Crippen LogP contribution >= 0.6 is 0 Å². The lowest BCUT2D eigenvalue weighted by atomic mass is 10.1. The van der Waals surface area contributed by atoms with Gasteiger partial charge in [0, 0.05) is 31.9 Å². The van der Waals surface area contributed by atoms with Crippen molar-refractivity contribution < 1.29 is 9.18 Å². The highest BCUT2D eigenvalue weighted by Crippen LogP contribution is 2.23. The van der Waals surface area contributed by atoms with Gasteiger partial charge in [-0.3, -0.25) is 4.79 Å². The van der Waals surface area contributed by atoms with Crippen molar-refractivity contribution >= 4 is 17.3 Å². The van der Waals surface area contributed by atoms with E-state index in [1.54, 1.807) is 18.2 Å². The van der Waals surface area contributed by atoms with Gasteiger partial charge < -0.3 is 15.1 Å². The van der Waals surface area contributed by atoms with Crippen LogP contribution in [0.4, 0.5) is 15.8 Å².